The lowest BCUT2D eigenvalue weighted by Crippen LogP contribution is -1.99. The smallest absolute Gasteiger partial charge is 0.164 e. The maximum atomic E-state index is 11.2. The quantitative estimate of drug-likeness (QED) is 0.663. The third kappa shape index (κ3) is 2.31. The molecule has 0 aromatic carbocycles. The number of hydrogen-bond donors (Lipinski definition) is 0. The standard InChI is InChI=1S/C9H11NO.ClH/c1-3-9(11)8-6-10-5-4-7(8)2;/h4-6H,3H2,1-2H3;1H. The van der Waals surface area contributed by atoms with Crippen LogP contribution >= 0.6 is 12.4 Å². The van der Waals surface area contributed by atoms with E-state index < -0.39 is 0 Å². The van der Waals surface area contributed by atoms with Crippen LogP contribution in [-0.4, -0.2) is 10.8 Å². The van der Waals surface area contributed by atoms with E-state index in [9.17, 15) is 4.79 Å². The Morgan fingerprint density at radius 1 is 1.58 bits per heavy atom. The largest absolute Gasteiger partial charge is 0.294 e. The molecule has 1 aromatic heterocycles. The Kier molecular flexibility index (Phi) is 4.52. The van der Waals surface area contributed by atoms with Crippen LogP contribution in [0.25, 0.3) is 0 Å². The number of ketones is 1. The first-order valence-electron chi connectivity index (χ1n) is 3.69. The number of carbonyl (C=O) groups excluding carboxylic acids is 1. The number of carbonyl (C=O) groups is 1. The van der Waals surface area contributed by atoms with E-state index in [1.165, 1.54) is 0 Å². The SMILES string of the molecule is CCC(=O)c1cnccc1C.Cl. The number of halogens is 1. The second kappa shape index (κ2) is 4.88. The highest BCUT2D eigenvalue weighted by molar-refractivity contribution is 5.96. The minimum atomic E-state index is 0. The number of hydrogen-bond acceptors (Lipinski definition) is 2. The predicted octanol–water partition coefficient (Wildman–Crippen LogP) is 2.40. The van der Waals surface area contributed by atoms with Gasteiger partial charge in [-0.2, -0.15) is 0 Å². The fraction of sp³-hybridized carbons (Fsp3) is 0.333. The maximum absolute atomic E-state index is 11.2. The van der Waals surface area contributed by atoms with Gasteiger partial charge < -0.3 is 0 Å². The molecule has 66 valence electrons. The van der Waals surface area contributed by atoms with Gasteiger partial charge in [0.1, 0.15) is 0 Å². The Balaban J connectivity index is 0.00000121. The minimum Gasteiger partial charge on any atom is -0.294 e. The van der Waals surface area contributed by atoms with Crippen LogP contribution in [-0.2, 0) is 0 Å². The number of nitrogens with zero attached hydrogens (tertiary/aromatic N) is 1. The zero-order chi connectivity index (χ0) is 8.27. The van der Waals surface area contributed by atoms with E-state index in [1.807, 2.05) is 19.9 Å². The van der Waals surface area contributed by atoms with Gasteiger partial charge in [0.2, 0.25) is 0 Å². The summed E-state index contributed by atoms with van der Waals surface area (Å²) in [6.45, 7) is 3.78. The van der Waals surface area contributed by atoms with Crippen LogP contribution in [0, 0.1) is 6.92 Å². The highest BCUT2D eigenvalue weighted by Gasteiger charge is 2.04. The lowest BCUT2D eigenvalue weighted by Gasteiger charge is -1.99. The summed E-state index contributed by atoms with van der Waals surface area (Å²) in [5.74, 6) is 0.163. The van der Waals surface area contributed by atoms with E-state index in [-0.39, 0.29) is 18.2 Å². The third-order valence-electron chi connectivity index (χ3n) is 1.66. The van der Waals surface area contributed by atoms with Crippen molar-refractivity contribution in [3.05, 3.63) is 29.6 Å². The molecule has 0 aliphatic heterocycles. The minimum absolute atomic E-state index is 0. The van der Waals surface area contributed by atoms with Crippen molar-refractivity contribution in [3.63, 3.8) is 0 Å². The molecule has 0 unspecified atom stereocenters. The summed E-state index contributed by atoms with van der Waals surface area (Å²) in [6, 6.07) is 1.85. The first-order chi connectivity index (χ1) is 5.25. The van der Waals surface area contributed by atoms with Crippen molar-refractivity contribution in [2.75, 3.05) is 0 Å². The molecule has 12 heavy (non-hydrogen) atoms. The molecule has 0 N–H and O–H groups in total. The van der Waals surface area contributed by atoms with E-state index >= 15 is 0 Å². The first-order valence-corrected chi connectivity index (χ1v) is 3.69. The lowest BCUT2D eigenvalue weighted by atomic mass is 10.1. The van der Waals surface area contributed by atoms with Gasteiger partial charge in [-0.15, -0.1) is 12.4 Å². The second-order valence-corrected chi connectivity index (χ2v) is 2.47. The molecular formula is C9H12ClNO. The molecule has 1 heterocycles. The third-order valence-corrected chi connectivity index (χ3v) is 1.66. The second-order valence-electron chi connectivity index (χ2n) is 2.47. The summed E-state index contributed by atoms with van der Waals surface area (Å²) >= 11 is 0. The lowest BCUT2D eigenvalue weighted by molar-refractivity contribution is 0.0987. The van der Waals surface area contributed by atoms with Crippen molar-refractivity contribution < 1.29 is 4.79 Å². The molecule has 1 aromatic rings. The van der Waals surface area contributed by atoms with Gasteiger partial charge in [0.05, 0.1) is 0 Å². The molecule has 0 atom stereocenters. The Bertz CT molecular complexity index is 273. The van der Waals surface area contributed by atoms with Gasteiger partial charge in [-0.3, -0.25) is 9.78 Å². The van der Waals surface area contributed by atoms with Crippen molar-refractivity contribution in [1.82, 2.24) is 4.98 Å². The Labute approximate surface area is 78.4 Å². The van der Waals surface area contributed by atoms with Gasteiger partial charge in [0, 0.05) is 24.4 Å². The van der Waals surface area contributed by atoms with Crippen LogP contribution in [0.2, 0.25) is 0 Å². The molecule has 3 heteroatoms. The number of aromatic nitrogens is 1. The molecule has 0 spiro atoms. The fourth-order valence-corrected chi connectivity index (χ4v) is 0.946. The molecule has 0 amide bonds. The summed E-state index contributed by atoms with van der Waals surface area (Å²) in [4.78, 5) is 15.1. The van der Waals surface area contributed by atoms with Gasteiger partial charge in [-0.05, 0) is 18.6 Å². The maximum Gasteiger partial charge on any atom is 0.164 e. The van der Waals surface area contributed by atoms with Gasteiger partial charge in [-0.1, -0.05) is 6.92 Å². The molecule has 0 aliphatic rings. The average Bonchev–Trinajstić information content (AvgIpc) is 2.04. The predicted molar refractivity (Wildman–Crippen MR) is 50.8 cm³/mol. The van der Waals surface area contributed by atoms with Crippen LogP contribution in [0.4, 0.5) is 0 Å². The van der Waals surface area contributed by atoms with E-state index in [4.69, 9.17) is 0 Å². The number of rotatable bonds is 2. The molecule has 0 aliphatic carbocycles. The highest BCUT2D eigenvalue weighted by atomic mass is 35.5. The van der Waals surface area contributed by atoms with Crippen LogP contribution in [0.1, 0.15) is 29.3 Å². The van der Waals surface area contributed by atoms with Crippen molar-refractivity contribution in [3.8, 4) is 0 Å². The van der Waals surface area contributed by atoms with Crippen LogP contribution < -0.4 is 0 Å². The summed E-state index contributed by atoms with van der Waals surface area (Å²) in [5.41, 5.74) is 1.75. The zero-order valence-corrected chi connectivity index (χ0v) is 8.02. The molecule has 0 saturated heterocycles. The summed E-state index contributed by atoms with van der Waals surface area (Å²) < 4.78 is 0. The van der Waals surface area contributed by atoms with Gasteiger partial charge in [-0.25, -0.2) is 0 Å². The molecule has 1 rings (SSSR count). The molecule has 0 bridgehead atoms. The van der Waals surface area contributed by atoms with Crippen molar-refractivity contribution >= 4 is 18.2 Å². The van der Waals surface area contributed by atoms with Gasteiger partial charge >= 0.3 is 0 Å². The van der Waals surface area contributed by atoms with Crippen LogP contribution in [0.5, 0.6) is 0 Å². The number of Topliss-reactive ketones (excluding diaryl/α,β-unsaturated/α-hetero) is 1. The number of aryl methyl sites for hydroxylation is 1. The van der Waals surface area contributed by atoms with E-state index in [0.717, 1.165) is 11.1 Å². The molecule has 0 fully saturated rings. The Hall–Kier alpha value is -0.890. The Morgan fingerprint density at radius 3 is 2.75 bits per heavy atom. The normalized spacial score (nSPS) is 8.83. The van der Waals surface area contributed by atoms with Crippen LogP contribution in [0.15, 0.2) is 18.5 Å². The molecule has 0 radical (unpaired) electrons. The number of pyridine rings is 1. The zero-order valence-electron chi connectivity index (χ0n) is 7.20. The van der Waals surface area contributed by atoms with Gasteiger partial charge in [0.25, 0.3) is 0 Å². The van der Waals surface area contributed by atoms with Gasteiger partial charge in [0.15, 0.2) is 5.78 Å². The van der Waals surface area contributed by atoms with E-state index in [1.54, 1.807) is 12.4 Å². The topological polar surface area (TPSA) is 30.0 Å². The summed E-state index contributed by atoms with van der Waals surface area (Å²) in [5, 5.41) is 0. The van der Waals surface area contributed by atoms with E-state index in [0.29, 0.717) is 6.42 Å². The Morgan fingerprint density at radius 2 is 2.25 bits per heavy atom. The van der Waals surface area contributed by atoms with Crippen LogP contribution in [0.3, 0.4) is 0 Å². The molecule has 2 nitrogen and oxygen atoms in total. The fourth-order valence-electron chi connectivity index (χ4n) is 0.946. The van der Waals surface area contributed by atoms with Crippen molar-refractivity contribution in [1.29, 1.82) is 0 Å². The summed E-state index contributed by atoms with van der Waals surface area (Å²) in [6.07, 6.45) is 3.87. The monoisotopic (exact) mass is 185 g/mol. The first kappa shape index (κ1) is 11.1. The summed E-state index contributed by atoms with van der Waals surface area (Å²) in [7, 11) is 0. The van der Waals surface area contributed by atoms with E-state index in [2.05, 4.69) is 4.98 Å². The van der Waals surface area contributed by atoms with Crippen molar-refractivity contribution in [2.24, 2.45) is 0 Å². The average molecular weight is 186 g/mol. The molecule has 0 saturated carbocycles. The highest BCUT2D eigenvalue weighted by Crippen LogP contribution is 2.06. The molecular weight excluding hydrogens is 174 g/mol. The van der Waals surface area contributed by atoms with Crippen molar-refractivity contribution in [2.45, 2.75) is 20.3 Å².